The first-order valence-electron chi connectivity index (χ1n) is 6.35. The molecule has 8 heteroatoms. The molecule has 0 saturated heterocycles. The minimum absolute atomic E-state index is 0.137. The molecule has 0 aliphatic rings. The molecular weight excluding hydrogens is 322 g/mol. The van der Waals surface area contributed by atoms with Crippen molar-refractivity contribution in [1.82, 2.24) is 10.3 Å². The summed E-state index contributed by atoms with van der Waals surface area (Å²) in [5, 5.41) is 4.57. The maximum Gasteiger partial charge on any atom is 0.263 e. The molecule has 6 nitrogen and oxygen atoms in total. The Labute approximate surface area is 133 Å². The third-order valence-corrected chi connectivity index (χ3v) is 5.06. The summed E-state index contributed by atoms with van der Waals surface area (Å²) in [6, 6.07) is 6.21. The van der Waals surface area contributed by atoms with Gasteiger partial charge in [0.1, 0.15) is 0 Å². The summed E-state index contributed by atoms with van der Waals surface area (Å²) in [7, 11) is -2.12. The van der Waals surface area contributed by atoms with Gasteiger partial charge in [0.25, 0.3) is 10.0 Å². The average molecular weight is 337 g/mol. The minimum atomic E-state index is -3.66. The summed E-state index contributed by atoms with van der Waals surface area (Å²) in [6.07, 6.45) is 2.98. The van der Waals surface area contributed by atoms with E-state index in [1.807, 2.05) is 0 Å². The quantitative estimate of drug-likeness (QED) is 0.817. The van der Waals surface area contributed by atoms with Gasteiger partial charge < -0.3 is 5.32 Å². The highest BCUT2D eigenvalue weighted by atomic mass is 32.2. The Balaban J connectivity index is 2.15. The number of hydrogen-bond acceptors (Lipinski definition) is 5. The zero-order valence-electron chi connectivity index (χ0n) is 12.0. The fraction of sp³-hybridized carbons (Fsp3) is 0.143. The predicted octanol–water partition coefficient (Wildman–Crippen LogP) is 2.01. The second-order valence-corrected chi connectivity index (χ2v) is 6.96. The van der Waals surface area contributed by atoms with Crippen molar-refractivity contribution in [1.29, 1.82) is 0 Å². The van der Waals surface area contributed by atoms with E-state index in [4.69, 9.17) is 0 Å². The van der Waals surface area contributed by atoms with Gasteiger partial charge in [-0.15, -0.1) is 11.3 Å². The Bertz CT molecular complexity index is 793. The van der Waals surface area contributed by atoms with E-state index in [2.05, 4.69) is 15.0 Å². The second-order valence-electron chi connectivity index (χ2n) is 4.42. The third-order valence-electron chi connectivity index (χ3n) is 2.70. The van der Waals surface area contributed by atoms with Gasteiger partial charge in [0.05, 0.1) is 10.6 Å². The zero-order valence-corrected chi connectivity index (χ0v) is 13.7. The molecule has 0 bridgehead atoms. The summed E-state index contributed by atoms with van der Waals surface area (Å²) in [5.41, 5.74) is 1.49. The minimum Gasteiger partial charge on any atom is -0.356 e. The first-order chi connectivity index (χ1) is 10.4. The van der Waals surface area contributed by atoms with Crippen LogP contribution in [-0.2, 0) is 14.8 Å². The van der Waals surface area contributed by atoms with Crippen LogP contribution in [0.3, 0.4) is 0 Å². The van der Waals surface area contributed by atoms with Crippen LogP contribution in [0.2, 0.25) is 0 Å². The number of sulfonamides is 1. The van der Waals surface area contributed by atoms with E-state index in [9.17, 15) is 13.2 Å². The number of amides is 1. The van der Waals surface area contributed by atoms with Crippen LogP contribution in [-0.4, -0.2) is 26.4 Å². The molecule has 1 aromatic carbocycles. The van der Waals surface area contributed by atoms with Crippen LogP contribution in [0.15, 0.2) is 40.6 Å². The van der Waals surface area contributed by atoms with Gasteiger partial charge in [0.2, 0.25) is 5.91 Å². The van der Waals surface area contributed by atoms with Gasteiger partial charge in [0.15, 0.2) is 5.13 Å². The number of thiazole rings is 1. The van der Waals surface area contributed by atoms with Crippen molar-refractivity contribution in [2.75, 3.05) is 11.8 Å². The van der Waals surface area contributed by atoms with Crippen molar-refractivity contribution in [2.24, 2.45) is 0 Å². The van der Waals surface area contributed by atoms with Gasteiger partial charge in [-0.25, -0.2) is 13.4 Å². The number of aryl methyl sites for hydroxylation is 1. The summed E-state index contributed by atoms with van der Waals surface area (Å²) in [4.78, 5) is 15.3. The molecule has 0 unspecified atom stereocenters. The Morgan fingerprint density at radius 3 is 2.50 bits per heavy atom. The fourth-order valence-electron chi connectivity index (χ4n) is 1.59. The average Bonchev–Trinajstić information content (AvgIpc) is 2.89. The largest absolute Gasteiger partial charge is 0.356 e. The van der Waals surface area contributed by atoms with Crippen molar-refractivity contribution in [3.63, 3.8) is 0 Å². The predicted molar refractivity (Wildman–Crippen MR) is 87.2 cm³/mol. The van der Waals surface area contributed by atoms with Gasteiger partial charge in [-0.1, -0.05) is 12.1 Å². The molecule has 0 aliphatic heterocycles. The van der Waals surface area contributed by atoms with E-state index in [-0.39, 0.29) is 10.8 Å². The lowest BCUT2D eigenvalue weighted by Gasteiger charge is -2.05. The number of benzene rings is 1. The lowest BCUT2D eigenvalue weighted by atomic mass is 10.2. The molecule has 1 aromatic heterocycles. The van der Waals surface area contributed by atoms with Crippen LogP contribution in [0.25, 0.3) is 6.08 Å². The topological polar surface area (TPSA) is 88.2 Å². The van der Waals surface area contributed by atoms with Crippen LogP contribution >= 0.6 is 11.3 Å². The third kappa shape index (κ3) is 4.15. The smallest absolute Gasteiger partial charge is 0.263 e. The Hall–Kier alpha value is -2.19. The van der Waals surface area contributed by atoms with E-state index in [1.165, 1.54) is 36.6 Å². The maximum atomic E-state index is 12.2. The van der Waals surface area contributed by atoms with E-state index >= 15 is 0 Å². The van der Waals surface area contributed by atoms with Gasteiger partial charge in [-0.2, -0.15) is 0 Å². The molecule has 0 saturated carbocycles. The van der Waals surface area contributed by atoms with Crippen LogP contribution in [0.1, 0.15) is 11.3 Å². The molecule has 0 atom stereocenters. The van der Waals surface area contributed by atoms with Crippen molar-refractivity contribution in [2.45, 2.75) is 11.8 Å². The van der Waals surface area contributed by atoms with Crippen LogP contribution in [0.5, 0.6) is 0 Å². The number of rotatable bonds is 5. The highest BCUT2D eigenvalue weighted by Gasteiger charge is 2.15. The molecule has 116 valence electrons. The standard InChI is InChI=1S/C14H15N3O3S2/c1-10-9-21-14(16-10)17-22(19,20)12-6-3-11(4-7-12)5-8-13(18)15-2/h3-9H,1-2H3,(H,15,18)(H,16,17)/b8-5+. The number of likely N-dealkylation sites (N-methyl/N-ethyl adjacent to an activating group) is 1. The Morgan fingerprint density at radius 2 is 1.95 bits per heavy atom. The molecule has 0 fully saturated rings. The number of carbonyl (C=O) groups is 1. The normalized spacial score (nSPS) is 11.5. The van der Waals surface area contributed by atoms with E-state index in [0.29, 0.717) is 5.13 Å². The number of carbonyl (C=O) groups excluding carboxylic acids is 1. The molecule has 2 rings (SSSR count). The SMILES string of the molecule is CNC(=O)/C=C/c1ccc(S(=O)(=O)Nc2nc(C)cs2)cc1. The first kappa shape index (κ1) is 16.2. The van der Waals surface area contributed by atoms with Crippen molar-refractivity contribution in [3.8, 4) is 0 Å². The van der Waals surface area contributed by atoms with Gasteiger partial charge in [-0.3, -0.25) is 9.52 Å². The van der Waals surface area contributed by atoms with E-state index in [1.54, 1.807) is 30.5 Å². The van der Waals surface area contributed by atoms with Crippen LogP contribution in [0, 0.1) is 6.92 Å². The molecule has 1 amide bonds. The number of nitrogens with zero attached hydrogens (tertiary/aromatic N) is 1. The summed E-state index contributed by atoms with van der Waals surface area (Å²) >= 11 is 1.23. The van der Waals surface area contributed by atoms with E-state index < -0.39 is 10.0 Å². The number of aromatic nitrogens is 1. The molecule has 22 heavy (non-hydrogen) atoms. The first-order valence-corrected chi connectivity index (χ1v) is 8.72. The molecule has 1 heterocycles. The van der Waals surface area contributed by atoms with Gasteiger partial charge in [-0.05, 0) is 30.7 Å². The Kier molecular flexibility index (Phi) is 4.94. The van der Waals surface area contributed by atoms with Crippen LogP contribution in [0.4, 0.5) is 5.13 Å². The second kappa shape index (κ2) is 6.71. The van der Waals surface area contributed by atoms with Crippen molar-refractivity contribution in [3.05, 3.63) is 47.0 Å². The number of anilines is 1. The summed E-state index contributed by atoms with van der Waals surface area (Å²) in [6.45, 7) is 1.79. The molecule has 2 aromatic rings. The molecule has 0 aliphatic carbocycles. The number of hydrogen-bond donors (Lipinski definition) is 2. The van der Waals surface area contributed by atoms with Crippen molar-refractivity contribution < 1.29 is 13.2 Å². The van der Waals surface area contributed by atoms with Gasteiger partial charge in [0, 0.05) is 18.5 Å². The summed E-state index contributed by atoms with van der Waals surface area (Å²) < 4.78 is 26.8. The Morgan fingerprint density at radius 1 is 1.27 bits per heavy atom. The molecule has 0 spiro atoms. The molecule has 0 radical (unpaired) electrons. The van der Waals surface area contributed by atoms with Gasteiger partial charge >= 0.3 is 0 Å². The molecule has 2 N–H and O–H groups in total. The highest BCUT2D eigenvalue weighted by molar-refractivity contribution is 7.93. The highest BCUT2D eigenvalue weighted by Crippen LogP contribution is 2.20. The zero-order chi connectivity index (χ0) is 16.2. The lowest BCUT2D eigenvalue weighted by Crippen LogP contribution is -2.14. The van der Waals surface area contributed by atoms with E-state index in [0.717, 1.165) is 11.3 Å². The lowest BCUT2D eigenvalue weighted by molar-refractivity contribution is -0.115. The monoisotopic (exact) mass is 337 g/mol. The maximum absolute atomic E-state index is 12.2. The fourth-order valence-corrected chi connectivity index (χ4v) is 3.53. The molecular formula is C14H15N3O3S2. The van der Waals surface area contributed by atoms with Crippen LogP contribution < -0.4 is 10.0 Å². The summed E-state index contributed by atoms with van der Waals surface area (Å²) in [5.74, 6) is -0.225. The van der Waals surface area contributed by atoms with Crippen molar-refractivity contribution >= 4 is 38.5 Å². The number of nitrogens with one attached hydrogen (secondary N) is 2.